The molecular formula is C20H24N2O4. The second-order valence-corrected chi connectivity index (χ2v) is 5.67. The fourth-order valence-corrected chi connectivity index (χ4v) is 2.24. The van der Waals surface area contributed by atoms with Gasteiger partial charge in [0.05, 0.1) is 13.2 Å². The first-order valence-corrected chi connectivity index (χ1v) is 8.72. The van der Waals surface area contributed by atoms with E-state index in [-0.39, 0.29) is 0 Å². The van der Waals surface area contributed by atoms with E-state index in [2.05, 4.69) is 10.6 Å². The van der Waals surface area contributed by atoms with Crippen molar-refractivity contribution < 1.29 is 19.1 Å². The summed E-state index contributed by atoms with van der Waals surface area (Å²) in [5.74, 6) is 0. The van der Waals surface area contributed by atoms with E-state index in [1.165, 1.54) is 0 Å². The Morgan fingerprint density at radius 2 is 1.00 bits per heavy atom. The predicted molar refractivity (Wildman–Crippen MR) is 101 cm³/mol. The Kier molecular flexibility index (Phi) is 8.55. The van der Waals surface area contributed by atoms with Crippen LogP contribution in [0.1, 0.15) is 25.7 Å². The zero-order valence-corrected chi connectivity index (χ0v) is 14.6. The maximum absolute atomic E-state index is 11.6. The van der Waals surface area contributed by atoms with E-state index in [0.29, 0.717) is 24.6 Å². The highest BCUT2D eigenvalue weighted by molar-refractivity contribution is 5.84. The van der Waals surface area contributed by atoms with Gasteiger partial charge >= 0.3 is 12.2 Å². The van der Waals surface area contributed by atoms with Crippen molar-refractivity contribution in [3.05, 3.63) is 60.7 Å². The molecule has 6 heteroatoms. The lowest BCUT2D eigenvalue weighted by molar-refractivity contribution is 0.153. The van der Waals surface area contributed by atoms with Crippen LogP contribution in [0, 0.1) is 0 Å². The third kappa shape index (κ3) is 8.19. The van der Waals surface area contributed by atoms with Gasteiger partial charge in [-0.3, -0.25) is 10.6 Å². The molecule has 138 valence electrons. The Morgan fingerprint density at radius 1 is 0.615 bits per heavy atom. The average molecular weight is 356 g/mol. The maximum atomic E-state index is 11.6. The number of benzene rings is 2. The van der Waals surface area contributed by atoms with Crippen molar-refractivity contribution in [1.82, 2.24) is 0 Å². The van der Waals surface area contributed by atoms with E-state index in [4.69, 9.17) is 9.47 Å². The first kappa shape index (κ1) is 19.3. The summed E-state index contributed by atoms with van der Waals surface area (Å²) in [6.07, 6.45) is 2.47. The molecule has 0 saturated carbocycles. The molecular weight excluding hydrogens is 332 g/mol. The van der Waals surface area contributed by atoms with Crippen molar-refractivity contribution in [1.29, 1.82) is 0 Å². The Balaban J connectivity index is 1.43. The van der Waals surface area contributed by atoms with E-state index in [1.54, 1.807) is 24.3 Å². The third-order valence-electron chi connectivity index (χ3n) is 3.55. The summed E-state index contributed by atoms with van der Waals surface area (Å²) in [5.41, 5.74) is 1.42. The molecule has 0 aliphatic heterocycles. The number of carbonyl (C=O) groups is 2. The molecule has 0 heterocycles. The molecule has 0 spiro atoms. The number of amides is 2. The molecule has 0 saturated heterocycles. The van der Waals surface area contributed by atoms with Gasteiger partial charge in [-0.05, 0) is 49.9 Å². The van der Waals surface area contributed by atoms with Crippen LogP contribution in [0.2, 0.25) is 0 Å². The van der Waals surface area contributed by atoms with Gasteiger partial charge < -0.3 is 9.47 Å². The van der Waals surface area contributed by atoms with E-state index >= 15 is 0 Å². The van der Waals surface area contributed by atoms with Crippen LogP contribution in [0.3, 0.4) is 0 Å². The van der Waals surface area contributed by atoms with Gasteiger partial charge in [0.15, 0.2) is 0 Å². The van der Waals surface area contributed by atoms with Crippen LogP contribution in [-0.4, -0.2) is 25.4 Å². The fourth-order valence-electron chi connectivity index (χ4n) is 2.24. The summed E-state index contributed by atoms with van der Waals surface area (Å²) in [4.78, 5) is 23.1. The number of nitrogens with one attached hydrogen (secondary N) is 2. The van der Waals surface area contributed by atoms with Gasteiger partial charge in [0.1, 0.15) is 0 Å². The summed E-state index contributed by atoms with van der Waals surface area (Å²) in [5, 5.41) is 5.32. The Hall–Kier alpha value is -3.02. The Labute approximate surface area is 153 Å². The number of rotatable bonds is 9. The highest BCUT2D eigenvalue weighted by atomic mass is 16.6. The van der Waals surface area contributed by atoms with Gasteiger partial charge in [-0.1, -0.05) is 36.4 Å². The molecule has 2 N–H and O–H groups in total. The molecule has 0 atom stereocenters. The predicted octanol–water partition coefficient (Wildman–Crippen LogP) is 5.04. The van der Waals surface area contributed by atoms with E-state index < -0.39 is 12.2 Å². The minimum Gasteiger partial charge on any atom is -0.449 e. The zero-order chi connectivity index (χ0) is 18.5. The van der Waals surface area contributed by atoms with Crippen molar-refractivity contribution in [2.75, 3.05) is 23.8 Å². The first-order valence-electron chi connectivity index (χ1n) is 8.72. The van der Waals surface area contributed by atoms with Crippen LogP contribution < -0.4 is 10.6 Å². The number of hydrogen-bond acceptors (Lipinski definition) is 4. The smallest absolute Gasteiger partial charge is 0.411 e. The number of ether oxygens (including phenoxy) is 2. The van der Waals surface area contributed by atoms with Crippen molar-refractivity contribution in [2.24, 2.45) is 0 Å². The number of unbranched alkanes of at least 4 members (excludes halogenated alkanes) is 3. The monoisotopic (exact) mass is 356 g/mol. The minimum absolute atomic E-state index is 0.369. The SMILES string of the molecule is O=C(Nc1ccccc1)OCCCCCCOC(=O)Nc1ccccc1. The molecule has 0 aliphatic carbocycles. The Bertz CT molecular complexity index is 603. The second kappa shape index (κ2) is 11.5. The standard InChI is InChI=1S/C20H24N2O4/c23-19(21-17-11-5-3-6-12-17)25-15-9-1-2-10-16-26-20(24)22-18-13-7-4-8-14-18/h3-8,11-14H,1-2,9-10,15-16H2,(H,21,23)(H,22,24). The lowest BCUT2D eigenvalue weighted by Crippen LogP contribution is -2.14. The summed E-state index contributed by atoms with van der Waals surface area (Å²) in [7, 11) is 0. The normalized spacial score (nSPS) is 10.0. The van der Waals surface area contributed by atoms with Gasteiger partial charge in [-0.25, -0.2) is 9.59 Å². The molecule has 0 radical (unpaired) electrons. The number of anilines is 2. The van der Waals surface area contributed by atoms with Crippen LogP contribution in [0.4, 0.5) is 21.0 Å². The van der Waals surface area contributed by atoms with Crippen LogP contribution >= 0.6 is 0 Å². The second-order valence-electron chi connectivity index (χ2n) is 5.67. The largest absolute Gasteiger partial charge is 0.449 e. The van der Waals surface area contributed by atoms with Gasteiger partial charge in [-0.2, -0.15) is 0 Å². The first-order chi connectivity index (χ1) is 12.7. The molecule has 0 fully saturated rings. The van der Waals surface area contributed by atoms with E-state index in [1.807, 2.05) is 36.4 Å². The quantitative estimate of drug-likeness (QED) is 0.617. The molecule has 2 aromatic rings. The van der Waals surface area contributed by atoms with Crippen molar-refractivity contribution >= 4 is 23.6 Å². The lowest BCUT2D eigenvalue weighted by Gasteiger charge is -2.08. The molecule has 2 amide bonds. The van der Waals surface area contributed by atoms with Gasteiger partial charge in [0.2, 0.25) is 0 Å². The lowest BCUT2D eigenvalue weighted by atomic mass is 10.2. The topological polar surface area (TPSA) is 76.7 Å². The van der Waals surface area contributed by atoms with Crippen molar-refractivity contribution in [3.63, 3.8) is 0 Å². The highest BCUT2D eigenvalue weighted by Crippen LogP contribution is 2.07. The molecule has 26 heavy (non-hydrogen) atoms. The average Bonchev–Trinajstić information content (AvgIpc) is 2.65. The molecule has 2 rings (SSSR count). The molecule has 6 nitrogen and oxygen atoms in total. The molecule has 0 aliphatic rings. The summed E-state index contributed by atoms with van der Waals surface area (Å²) in [6, 6.07) is 18.3. The summed E-state index contributed by atoms with van der Waals surface area (Å²) >= 11 is 0. The molecule has 0 unspecified atom stereocenters. The van der Waals surface area contributed by atoms with Gasteiger partial charge in [-0.15, -0.1) is 0 Å². The number of carbonyl (C=O) groups excluding carboxylic acids is 2. The highest BCUT2D eigenvalue weighted by Gasteiger charge is 2.03. The fraction of sp³-hybridized carbons (Fsp3) is 0.300. The summed E-state index contributed by atoms with van der Waals surface area (Å²) in [6.45, 7) is 0.738. The van der Waals surface area contributed by atoms with Gasteiger partial charge in [0, 0.05) is 11.4 Å². The third-order valence-corrected chi connectivity index (χ3v) is 3.55. The molecule has 0 aromatic heterocycles. The Morgan fingerprint density at radius 3 is 1.38 bits per heavy atom. The van der Waals surface area contributed by atoms with E-state index in [9.17, 15) is 9.59 Å². The summed E-state index contributed by atoms with van der Waals surface area (Å²) < 4.78 is 10.2. The van der Waals surface area contributed by atoms with Crippen LogP contribution in [-0.2, 0) is 9.47 Å². The number of para-hydroxylation sites is 2. The van der Waals surface area contributed by atoms with Gasteiger partial charge in [0.25, 0.3) is 0 Å². The van der Waals surface area contributed by atoms with Crippen molar-refractivity contribution in [3.8, 4) is 0 Å². The van der Waals surface area contributed by atoms with Crippen LogP contribution in [0.15, 0.2) is 60.7 Å². The molecule has 2 aromatic carbocycles. The van der Waals surface area contributed by atoms with Crippen LogP contribution in [0.25, 0.3) is 0 Å². The van der Waals surface area contributed by atoms with Crippen molar-refractivity contribution in [2.45, 2.75) is 25.7 Å². The van der Waals surface area contributed by atoms with E-state index in [0.717, 1.165) is 25.7 Å². The minimum atomic E-state index is -0.447. The van der Waals surface area contributed by atoms with Crippen LogP contribution in [0.5, 0.6) is 0 Å². The number of hydrogen-bond donors (Lipinski definition) is 2. The maximum Gasteiger partial charge on any atom is 0.411 e. The zero-order valence-electron chi connectivity index (χ0n) is 14.6. The molecule has 0 bridgehead atoms.